The summed E-state index contributed by atoms with van der Waals surface area (Å²) in [6.07, 6.45) is 5.79. The monoisotopic (exact) mass is 477 g/mol. The van der Waals surface area contributed by atoms with E-state index in [1.807, 2.05) is 42.2 Å². The molecule has 174 valence electrons. The number of hydrogen-bond donors (Lipinski definition) is 2. The van der Waals surface area contributed by atoms with Crippen LogP contribution in [-0.2, 0) is 16.1 Å². The Bertz CT molecular complexity index is 869. The van der Waals surface area contributed by atoms with Gasteiger partial charge in [0.15, 0.2) is 5.13 Å². The molecule has 32 heavy (non-hydrogen) atoms. The lowest BCUT2D eigenvalue weighted by Gasteiger charge is -2.39. The van der Waals surface area contributed by atoms with E-state index in [-0.39, 0.29) is 23.9 Å². The summed E-state index contributed by atoms with van der Waals surface area (Å²) < 4.78 is 6.70. The number of thiazole rings is 1. The maximum absolute atomic E-state index is 13.3. The SMILES string of the molecule is CC1CCC(N(C(=O)Nc2ncc(SCC(=O)O)s2)C(C)COCc2ccccc2)CC1. The van der Waals surface area contributed by atoms with Gasteiger partial charge >= 0.3 is 12.0 Å². The third-order valence-electron chi connectivity index (χ3n) is 5.60. The van der Waals surface area contributed by atoms with Crippen LogP contribution in [0.3, 0.4) is 0 Å². The summed E-state index contributed by atoms with van der Waals surface area (Å²) in [6.45, 7) is 5.25. The number of carbonyl (C=O) groups excluding carboxylic acids is 1. The van der Waals surface area contributed by atoms with Gasteiger partial charge in [-0.25, -0.2) is 9.78 Å². The Morgan fingerprint density at radius 3 is 2.69 bits per heavy atom. The van der Waals surface area contributed by atoms with Crippen LogP contribution in [0.2, 0.25) is 0 Å². The van der Waals surface area contributed by atoms with E-state index in [2.05, 4.69) is 17.2 Å². The molecule has 1 aromatic heterocycles. The number of aromatic nitrogens is 1. The van der Waals surface area contributed by atoms with E-state index >= 15 is 0 Å². The zero-order valence-corrected chi connectivity index (χ0v) is 20.2. The summed E-state index contributed by atoms with van der Waals surface area (Å²) >= 11 is 2.49. The van der Waals surface area contributed by atoms with Crippen molar-refractivity contribution in [1.82, 2.24) is 9.88 Å². The molecule has 7 nitrogen and oxygen atoms in total. The van der Waals surface area contributed by atoms with Gasteiger partial charge in [0.25, 0.3) is 0 Å². The van der Waals surface area contributed by atoms with E-state index in [1.54, 1.807) is 6.20 Å². The summed E-state index contributed by atoms with van der Waals surface area (Å²) in [5.41, 5.74) is 1.11. The van der Waals surface area contributed by atoms with Crippen molar-refractivity contribution in [1.29, 1.82) is 0 Å². The molecule has 3 rings (SSSR count). The summed E-state index contributed by atoms with van der Waals surface area (Å²) in [4.78, 5) is 30.2. The maximum Gasteiger partial charge on any atom is 0.324 e. The fourth-order valence-corrected chi connectivity index (χ4v) is 5.50. The molecule has 0 bridgehead atoms. The molecule has 1 fully saturated rings. The van der Waals surface area contributed by atoms with Crippen LogP contribution < -0.4 is 5.32 Å². The molecule has 1 aromatic carbocycles. The molecule has 2 amide bonds. The number of urea groups is 1. The van der Waals surface area contributed by atoms with Gasteiger partial charge < -0.3 is 14.7 Å². The van der Waals surface area contributed by atoms with Gasteiger partial charge in [0.2, 0.25) is 0 Å². The number of ether oxygens (including phenoxy) is 1. The van der Waals surface area contributed by atoms with Crippen LogP contribution >= 0.6 is 23.1 Å². The molecule has 0 aliphatic heterocycles. The predicted molar refractivity (Wildman–Crippen MR) is 128 cm³/mol. The Morgan fingerprint density at radius 2 is 2.00 bits per heavy atom. The largest absolute Gasteiger partial charge is 0.481 e. The summed E-state index contributed by atoms with van der Waals surface area (Å²) in [5.74, 6) is -0.220. The van der Waals surface area contributed by atoms with Crippen molar-refractivity contribution < 1.29 is 19.4 Å². The van der Waals surface area contributed by atoms with Crippen LogP contribution in [0.15, 0.2) is 40.7 Å². The third kappa shape index (κ3) is 7.50. The number of rotatable bonds is 10. The number of nitrogens with zero attached hydrogens (tertiary/aromatic N) is 2. The highest BCUT2D eigenvalue weighted by molar-refractivity contribution is 8.01. The Labute approximate surface area is 197 Å². The van der Waals surface area contributed by atoms with Gasteiger partial charge in [-0.3, -0.25) is 10.1 Å². The molecule has 1 aliphatic rings. The zero-order chi connectivity index (χ0) is 22.9. The van der Waals surface area contributed by atoms with Crippen molar-refractivity contribution in [2.45, 2.75) is 62.4 Å². The van der Waals surface area contributed by atoms with Gasteiger partial charge in [-0.2, -0.15) is 0 Å². The van der Waals surface area contributed by atoms with E-state index in [1.165, 1.54) is 23.1 Å². The number of carboxylic acid groups (broad SMARTS) is 1. The number of hydrogen-bond acceptors (Lipinski definition) is 6. The predicted octanol–water partition coefficient (Wildman–Crippen LogP) is 5.34. The van der Waals surface area contributed by atoms with E-state index in [9.17, 15) is 9.59 Å². The van der Waals surface area contributed by atoms with E-state index in [0.29, 0.717) is 24.3 Å². The number of carboxylic acids is 1. The zero-order valence-electron chi connectivity index (χ0n) is 18.5. The number of amides is 2. The van der Waals surface area contributed by atoms with E-state index in [0.717, 1.165) is 35.5 Å². The maximum atomic E-state index is 13.3. The van der Waals surface area contributed by atoms with Gasteiger partial charge in [0.1, 0.15) is 0 Å². The number of aliphatic carboxylic acids is 1. The molecule has 2 aromatic rings. The van der Waals surface area contributed by atoms with Crippen LogP contribution in [0, 0.1) is 5.92 Å². The Balaban J connectivity index is 1.62. The quantitative estimate of drug-likeness (QED) is 0.449. The molecule has 0 radical (unpaired) electrons. The van der Waals surface area contributed by atoms with Crippen molar-refractivity contribution in [2.24, 2.45) is 5.92 Å². The number of benzene rings is 1. The minimum atomic E-state index is -0.879. The average molecular weight is 478 g/mol. The first-order valence-corrected chi connectivity index (χ1v) is 12.7. The minimum Gasteiger partial charge on any atom is -0.481 e. The lowest BCUT2D eigenvalue weighted by molar-refractivity contribution is -0.133. The highest BCUT2D eigenvalue weighted by Crippen LogP contribution is 2.31. The summed E-state index contributed by atoms with van der Waals surface area (Å²) in [6, 6.07) is 9.92. The smallest absolute Gasteiger partial charge is 0.324 e. The second kappa shape index (κ2) is 12.2. The number of carbonyl (C=O) groups is 2. The lowest BCUT2D eigenvalue weighted by atomic mass is 9.86. The molecule has 0 spiro atoms. The topological polar surface area (TPSA) is 91.8 Å². The second-order valence-corrected chi connectivity index (χ2v) is 10.6. The van der Waals surface area contributed by atoms with E-state index in [4.69, 9.17) is 9.84 Å². The van der Waals surface area contributed by atoms with Crippen molar-refractivity contribution in [3.05, 3.63) is 42.1 Å². The molecular weight excluding hydrogens is 446 g/mol. The van der Waals surface area contributed by atoms with Crippen LogP contribution in [0.1, 0.15) is 45.1 Å². The highest BCUT2D eigenvalue weighted by Gasteiger charge is 2.31. The fourth-order valence-electron chi connectivity index (χ4n) is 3.92. The van der Waals surface area contributed by atoms with Gasteiger partial charge in [-0.15, -0.1) is 11.8 Å². The van der Waals surface area contributed by atoms with Gasteiger partial charge in [-0.1, -0.05) is 48.6 Å². The number of nitrogens with one attached hydrogen (secondary N) is 1. The van der Waals surface area contributed by atoms with Crippen molar-refractivity contribution in [2.75, 3.05) is 17.7 Å². The first-order chi connectivity index (χ1) is 15.4. The molecule has 2 N–H and O–H groups in total. The highest BCUT2D eigenvalue weighted by atomic mass is 32.2. The number of thioether (sulfide) groups is 1. The fraction of sp³-hybridized carbons (Fsp3) is 0.522. The standard InChI is InChI=1S/C23H31N3O4S2/c1-16-8-10-19(11-9-16)26(17(2)13-30-14-18-6-4-3-5-7-18)23(29)25-22-24-12-21(32-22)31-15-20(27)28/h3-7,12,16-17,19H,8-11,13-15H2,1-2H3,(H,27,28)(H,24,25,29). The van der Waals surface area contributed by atoms with Crippen molar-refractivity contribution in [3.8, 4) is 0 Å². The molecule has 0 saturated heterocycles. The van der Waals surface area contributed by atoms with Crippen LogP contribution in [0.4, 0.5) is 9.93 Å². The van der Waals surface area contributed by atoms with Crippen LogP contribution in [0.25, 0.3) is 0 Å². The first-order valence-electron chi connectivity index (χ1n) is 10.9. The Hall–Kier alpha value is -2.10. The van der Waals surface area contributed by atoms with Gasteiger partial charge in [0.05, 0.1) is 35.4 Å². The van der Waals surface area contributed by atoms with Crippen LogP contribution in [0.5, 0.6) is 0 Å². The molecule has 9 heteroatoms. The Kier molecular flexibility index (Phi) is 9.37. The lowest BCUT2D eigenvalue weighted by Crippen LogP contribution is -2.50. The second-order valence-electron chi connectivity index (χ2n) is 8.27. The molecule has 1 aliphatic carbocycles. The first kappa shape index (κ1) is 24.5. The third-order valence-corrected chi connectivity index (χ3v) is 7.69. The van der Waals surface area contributed by atoms with Crippen molar-refractivity contribution in [3.63, 3.8) is 0 Å². The molecule has 1 saturated carbocycles. The minimum absolute atomic E-state index is 0.0300. The summed E-state index contributed by atoms with van der Waals surface area (Å²) in [7, 11) is 0. The molecular formula is C23H31N3O4S2. The average Bonchev–Trinajstić information content (AvgIpc) is 3.22. The van der Waals surface area contributed by atoms with Crippen LogP contribution in [-0.4, -0.2) is 51.4 Å². The van der Waals surface area contributed by atoms with E-state index < -0.39 is 5.97 Å². The van der Waals surface area contributed by atoms with Gasteiger partial charge in [0, 0.05) is 6.04 Å². The van der Waals surface area contributed by atoms with Gasteiger partial charge in [-0.05, 0) is 44.1 Å². The molecule has 1 unspecified atom stereocenters. The number of anilines is 1. The molecule has 1 heterocycles. The summed E-state index contributed by atoms with van der Waals surface area (Å²) in [5, 5.41) is 12.2. The molecule has 1 atom stereocenters. The Morgan fingerprint density at radius 1 is 1.28 bits per heavy atom. The normalized spacial score (nSPS) is 19.3. The van der Waals surface area contributed by atoms with Crippen molar-refractivity contribution >= 4 is 40.2 Å².